The van der Waals surface area contributed by atoms with Gasteiger partial charge in [-0.05, 0) is 62.6 Å². The summed E-state index contributed by atoms with van der Waals surface area (Å²) in [6.45, 7) is 3.05. The number of aromatic nitrogens is 1. The second-order valence-corrected chi connectivity index (χ2v) is 9.75. The van der Waals surface area contributed by atoms with E-state index in [-0.39, 0.29) is 17.1 Å². The second kappa shape index (κ2) is 9.51. The van der Waals surface area contributed by atoms with Crippen molar-refractivity contribution < 1.29 is 9.47 Å². The first kappa shape index (κ1) is 21.4. The molecule has 1 aliphatic carbocycles. The van der Waals surface area contributed by atoms with Crippen molar-refractivity contribution in [1.29, 1.82) is 0 Å². The molecule has 3 heterocycles. The highest BCUT2D eigenvalue weighted by Gasteiger charge is 2.49. The lowest BCUT2D eigenvalue weighted by Crippen LogP contribution is -2.49. The average Bonchev–Trinajstić information content (AvgIpc) is 3.38. The highest BCUT2D eigenvalue weighted by molar-refractivity contribution is 7.10. The average molecular weight is 425 g/mol. The van der Waals surface area contributed by atoms with Gasteiger partial charge >= 0.3 is 0 Å². The maximum Gasteiger partial charge on any atom is 0.149 e. The molecule has 2 fully saturated rings. The molecule has 1 saturated carbocycles. The van der Waals surface area contributed by atoms with E-state index in [9.17, 15) is 0 Å². The maximum absolute atomic E-state index is 6.78. The Morgan fingerprint density at radius 2 is 2.13 bits per heavy atom. The summed E-state index contributed by atoms with van der Waals surface area (Å²) in [6, 6.07) is 8.36. The summed E-state index contributed by atoms with van der Waals surface area (Å²) in [5.41, 5.74) is 7.96. The molecule has 2 atom stereocenters. The fourth-order valence-electron chi connectivity index (χ4n) is 5.34. The van der Waals surface area contributed by atoms with Gasteiger partial charge < -0.3 is 15.2 Å². The van der Waals surface area contributed by atoms with E-state index >= 15 is 0 Å². The molecular weight excluding hydrogens is 392 g/mol. The molecule has 4 nitrogen and oxygen atoms in total. The molecule has 2 aliphatic rings. The van der Waals surface area contributed by atoms with E-state index in [2.05, 4.69) is 29.4 Å². The molecule has 4 rings (SSSR count). The van der Waals surface area contributed by atoms with E-state index in [1.807, 2.05) is 25.3 Å². The molecule has 30 heavy (non-hydrogen) atoms. The molecule has 0 bridgehead atoms. The first-order valence-electron chi connectivity index (χ1n) is 11.0. The number of thiophene rings is 1. The van der Waals surface area contributed by atoms with Gasteiger partial charge in [-0.1, -0.05) is 24.8 Å². The number of nitrogens with zero attached hydrogens (tertiary/aromatic N) is 1. The van der Waals surface area contributed by atoms with Crippen LogP contribution in [0, 0.1) is 11.8 Å². The minimum absolute atomic E-state index is 0.0186. The number of pyridine rings is 1. The lowest BCUT2D eigenvalue weighted by atomic mass is 9.66. The molecule has 0 aromatic carbocycles. The van der Waals surface area contributed by atoms with E-state index < -0.39 is 0 Å². The van der Waals surface area contributed by atoms with Crippen molar-refractivity contribution >= 4 is 11.3 Å². The number of nitrogens with two attached hydrogens (primary N) is 1. The Hall–Kier alpha value is -1.87. The van der Waals surface area contributed by atoms with Gasteiger partial charge in [0, 0.05) is 41.3 Å². The Kier molecular flexibility index (Phi) is 6.77. The van der Waals surface area contributed by atoms with E-state index in [1.54, 1.807) is 11.3 Å². The summed E-state index contributed by atoms with van der Waals surface area (Å²) in [5, 5.41) is 2.08. The Labute approximate surface area is 184 Å². The Morgan fingerprint density at radius 3 is 2.90 bits per heavy atom. The summed E-state index contributed by atoms with van der Waals surface area (Å²) in [4.78, 5) is 6.01. The second-order valence-electron chi connectivity index (χ2n) is 8.75. The molecule has 1 saturated heterocycles. The Balaban J connectivity index is 1.52. The van der Waals surface area contributed by atoms with Crippen molar-refractivity contribution in [3.8, 4) is 17.6 Å². The van der Waals surface area contributed by atoms with Gasteiger partial charge in [-0.3, -0.25) is 4.98 Å². The molecule has 0 amide bonds. The molecule has 1 aliphatic heterocycles. The summed E-state index contributed by atoms with van der Waals surface area (Å²) < 4.78 is 12.2. The zero-order valence-corrected chi connectivity index (χ0v) is 18.7. The van der Waals surface area contributed by atoms with Crippen LogP contribution in [-0.4, -0.2) is 29.8 Å². The van der Waals surface area contributed by atoms with Gasteiger partial charge in [0.1, 0.15) is 12.4 Å². The van der Waals surface area contributed by atoms with Crippen LogP contribution in [0.4, 0.5) is 0 Å². The van der Waals surface area contributed by atoms with Crippen LogP contribution in [0.2, 0.25) is 0 Å². The lowest BCUT2D eigenvalue weighted by Gasteiger charge is -2.47. The van der Waals surface area contributed by atoms with Gasteiger partial charge in [0.05, 0.1) is 5.60 Å². The highest BCUT2D eigenvalue weighted by Crippen LogP contribution is 2.50. The topological polar surface area (TPSA) is 57.4 Å². The lowest BCUT2D eigenvalue weighted by molar-refractivity contribution is -0.105. The quantitative estimate of drug-likeness (QED) is 0.645. The molecule has 2 aromatic heterocycles. The molecule has 2 N–H and O–H groups in total. The first-order chi connectivity index (χ1) is 14.6. The van der Waals surface area contributed by atoms with Crippen molar-refractivity contribution in [3.63, 3.8) is 0 Å². The fraction of sp³-hybridized carbons (Fsp3) is 0.560. The molecule has 2 unspecified atom stereocenters. The van der Waals surface area contributed by atoms with Crippen LogP contribution in [0.15, 0.2) is 35.8 Å². The number of hydrogen-bond donors (Lipinski definition) is 1. The minimum atomic E-state index is -0.0186. The fourth-order valence-corrected chi connectivity index (χ4v) is 6.25. The molecule has 5 heteroatoms. The van der Waals surface area contributed by atoms with Gasteiger partial charge in [0.2, 0.25) is 0 Å². The van der Waals surface area contributed by atoms with E-state index in [1.165, 1.54) is 23.4 Å². The third kappa shape index (κ3) is 4.72. The van der Waals surface area contributed by atoms with Crippen LogP contribution >= 0.6 is 11.3 Å². The number of ether oxygens (including phenoxy) is 2. The van der Waals surface area contributed by atoms with E-state index in [4.69, 9.17) is 20.2 Å². The van der Waals surface area contributed by atoms with Gasteiger partial charge in [-0.25, -0.2) is 0 Å². The predicted octanol–water partition coefficient (Wildman–Crippen LogP) is 4.87. The van der Waals surface area contributed by atoms with Crippen LogP contribution in [0.25, 0.3) is 0 Å². The number of hydrogen-bond acceptors (Lipinski definition) is 5. The summed E-state index contributed by atoms with van der Waals surface area (Å²) in [6.07, 6.45) is 10.5. The molecule has 0 radical (unpaired) electrons. The molecule has 160 valence electrons. The highest BCUT2D eigenvalue weighted by atomic mass is 32.1. The first-order valence-corrected chi connectivity index (χ1v) is 11.9. The van der Waals surface area contributed by atoms with E-state index in [0.29, 0.717) is 6.61 Å². The van der Waals surface area contributed by atoms with Gasteiger partial charge in [0.25, 0.3) is 0 Å². The van der Waals surface area contributed by atoms with Crippen LogP contribution in [0.3, 0.4) is 0 Å². The molecular formula is C25H32N2O2S. The maximum atomic E-state index is 6.78. The predicted molar refractivity (Wildman–Crippen MR) is 122 cm³/mol. The van der Waals surface area contributed by atoms with Crippen LogP contribution in [-0.2, 0) is 16.6 Å². The van der Waals surface area contributed by atoms with Crippen molar-refractivity contribution in [3.05, 3.63) is 46.4 Å². The SMILES string of the molecule is CC#CCOc1ccsc1CC(N)CC1(c2ccccn2)CCOC2(CCCC2)C1. The molecule has 1 spiro atoms. The monoisotopic (exact) mass is 424 g/mol. The Bertz CT molecular complexity index is 879. The van der Waals surface area contributed by atoms with Crippen LogP contribution in [0.5, 0.6) is 5.75 Å². The third-order valence-corrected chi connectivity index (χ3v) is 7.58. The van der Waals surface area contributed by atoms with Gasteiger partial charge in [-0.2, -0.15) is 0 Å². The Morgan fingerprint density at radius 1 is 1.27 bits per heavy atom. The smallest absolute Gasteiger partial charge is 0.149 e. The number of rotatable bonds is 7. The van der Waals surface area contributed by atoms with Gasteiger partial charge in [0.15, 0.2) is 0 Å². The van der Waals surface area contributed by atoms with E-state index in [0.717, 1.165) is 50.9 Å². The minimum Gasteiger partial charge on any atom is -0.480 e. The zero-order valence-electron chi connectivity index (χ0n) is 17.9. The summed E-state index contributed by atoms with van der Waals surface area (Å²) in [7, 11) is 0. The normalized spacial score (nSPS) is 23.7. The van der Waals surface area contributed by atoms with Gasteiger partial charge in [-0.15, -0.1) is 17.3 Å². The standard InChI is InChI=1S/C25H32N2O2S/c1-2-3-14-28-21-9-16-30-22(21)17-20(26)18-24(23-8-4-7-13-27-23)12-15-29-25(19-24)10-5-6-11-25/h4,7-9,13,16,20H,5-6,10-12,14-15,17-19,26H2,1H3. The third-order valence-electron chi connectivity index (χ3n) is 6.65. The molecule has 2 aromatic rings. The summed E-state index contributed by atoms with van der Waals surface area (Å²) in [5.74, 6) is 6.76. The van der Waals surface area contributed by atoms with Crippen molar-refractivity contribution in [2.75, 3.05) is 13.2 Å². The summed E-state index contributed by atoms with van der Waals surface area (Å²) >= 11 is 1.72. The largest absolute Gasteiger partial charge is 0.480 e. The van der Waals surface area contributed by atoms with Crippen molar-refractivity contribution in [2.45, 2.75) is 75.3 Å². The van der Waals surface area contributed by atoms with Crippen molar-refractivity contribution in [1.82, 2.24) is 4.98 Å². The van der Waals surface area contributed by atoms with Crippen LogP contribution < -0.4 is 10.5 Å². The van der Waals surface area contributed by atoms with Crippen LogP contribution in [0.1, 0.15) is 62.4 Å². The zero-order chi connectivity index (χ0) is 20.9. The van der Waals surface area contributed by atoms with Crippen molar-refractivity contribution in [2.24, 2.45) is 5.73 Å².